The van der Waals surface area contributed by atoms with Crippen LogP contribution < -0.4 is 11.1 Å². The third-order valence-corrected chi connectivity index (χ3v) is 2.61. The highest BCUT2D eigenvalue weighted by Gasteiger charge is 2.11. The second-order valence-electron chi connectivity index (χ2n) is 4.08. The summed E-state index contributed by atoms with van der Waals surface area (Å²) in [6, 6.07) is 7.58. The largest absolute Gasteiger partial charge is 0.465 e. The fourth-order valence-electron chi connectivity index (χ4n) is 1.71. The van der Waals surface area contributed by atoms with Crippen molar-refractivity contribution >= 4 is 23.0 Å². The summed E-state index contributed by atoms with van der Waals surface area (Å²) in [6.45, 7) is 0. The Balaban J connectivity index is 2.32. The van der Waals surface area contributed by atoms with Gasteiger partial charge in [-0.2, -0.15) is 0 Å². The molecule has 0 aromatic heterocycles. The number of esters is 1. The van der Waals surface area contributed by atoms with Crippen molar-refractivity contribution in [2.24, 2.45) is 0 Å². The number of nitrogens with one attached hydrogen (secondary N) is 1. The Bertz CT molecular complexity index is 639. The molecule has 0 spiro atoms. The Morgan fingerprint density at radius 1 is 1.10 bits per heavy atom. The molecule has 0 amide bonds. The van der Waals surface area contributed by atoms with Crippen molar-refractivity contribution < 1.29 is 18.3 Å². The molecule has 0 saturated heterocycles. The monoisotopic (exact) mass is 278 g/mol. The van der Waals surface area contributed by atoms with Crippen LogP contribution in [0.4, 0.5) is 25.8 Å². The first kappa shape index (κ1) is 13.8. The van der Waals surface area contributed by atoms with E-state index in [1.807, 2.05) is 0 Å². The molecule has 0 atom stereocenters. The molecule has 104 valence electrons. The number of methoxy groups -OCH3 is 1. The third-order valence-electron chi connectivity index (χ3n) is 2.61. The van der Waals surface area contributed by atoms with Crippen molar-refractivity contribution in [2.45, 2.75) is 0 Å². The van der Waals surface area contributed by atoms with Gasteiger partial charge in [0.05, 0.1) is 12.7 Å². The summed E-state index contributed by atoms with van der Waals surface area (Å²) in [5, 5.41) is 2.79. The molecule has 0 radical (unpaired) electrons. The van der Waals surface area contributed by atoms with Crippen LogP contribution in [0.1, 0.15) is 10.4 Å². The summed E-state index contributed by atoms with van der Waals surface area (Å²) in [6.07, 6.45) is 0. The lowest BCUT2D eigenvalue weighted by Crippen LogP contribution is -2.06. The number of anilines is 3. The summed E-state index contributed by atoms with van der Waals surface area (Å²) < 4.78 is 30.8. The summed E-state index contributed by atoms with van der Waals surface area (Å²) in [7, 11) is 1.24. The number of ether oxygens (including phenoxy) is 1. The van der Waals surface area contributed by atoms with Crippen LogP contribution >= 0.6 is 0 Å². The number of benzene rings is 2. The normalized spacial score (nSPS) is 10.2. The number of nitrogens with two attached hydrogens (primary N) is 1. The lowest BCUT2D eigenvalue weighted by atomic mass is 10.1. The van der Waals surface area contributed by atoms with Crippen molar-refractivity contribution in [3.05, 3.63) is 53.6 Å². The second-order valence-corrected chi connectivity index (χ2v) is 4.08. The number of rotatable bonds is 3. The Labute approximate surface area is 114 Å². The fourth-order valence-corrected chi connectivity index (χ4v) is 1.71. The standard InChI is InChI=1S/C14H12F2N2O2/c1-20-14(19)12-7-10(2-3-13(12)17)18-11-5-8(15)4-9(16)6-11/h2-7,18H,17H2,1H3. The zero-order valence-electron chi connectivity index (χ0n) is 10.6. The van der Waals surface area contributed by atoms with E-state index in [4.69, 9.17) is 5.73 Å². The van der Waals surface area contributed by atoms with Gasteiger partial charge >= 0.3 is 5.97 Å². The van der Waals surface area contributed by atoms with E-state index in [0.29, 0.717) is 5.69 Å². The SMILES string of the molecule is COC(=O)c1cc(Nc2cc(F)cc(F)c2)ccc1N. The lowest BCUT2D eigenvalue weighted by molar-refractivity contribution is 0.0602. The number of nitrogen functional groups attached to an aromatic ring is 1. The van der Waals surface area contributed by atoms with Crippen molar-refractivity contribution in [1.29, 1.82) is 0 Å². The topological polar surface area (TPSA) is 64.3 Å². The van der Waals surface area contributed by atoms with Crippen LogP contribution in [0.5, 0.6) is 0 Å². The number of halogens is 2. The molecular weight excluding hydrogens is 266 g/mol. The van der Waals surface area contributed by atoms with Crippen molar-refractivity contribution in [2.75, 3.05) is 18.2 Å². The highest BCUT2D eigenvalue weighted by atomic mass is 19.1. The minimum atomic E-state index is -0.698. The number of carbonyl (C=O) groups is 1. The zero-order chi connectivity index (χ0) is 14.7. The van der Waals surface area contributed by atoms with Crippen LogP contribution in [0.2, 0.25) is 0 Å². The van der Waals surface area contributed by atoms with Crippen molar-refractivity contribution in [3.63, 3.8) is 0 Å². The van der Waals surface area contributed by atoms with E-state index in [1.165, 1.54) is 19.2 Å². The van der Waals surface area contributed by atoms with Crippen molar-refractivity contribution in [3.8, 4) is 0 Å². The lowest BCUT2D eigenvalue weighted by Gasteiger charge is -2.10. The highest BCUT2D eigenvalue weighted by Crippen LogP contribution is 2.23. The quantitative estimate of drug-likeness (QED) is 0.669. The molecule has 0 aliphatic heterocycles. The summed E-state index contributed by atoms with van der Waals surface area (Å²) >= 11 is 0. The maximum Gasteiger partial charge on any atom is 0.340 e. The van der Waals surface area contributed by atoms with Crippen LogP contribution in [-0.4, -0.2) is 13.1 Å². The Hall–Kier alpha value is -2.63. The van der Waals surface area contributed by atoms with Crippen LogP contribution in [0.25, 0.3) is 0 Å². The van der Waals surface area contributed by atoms with Crippen molar-refractivity contribution in [1.82, 2.24) is 0 Å². The molecule has 3 N–H and O–H groups in total. The summed E-state index contributed by atoms with van der Waals surface area (Å²) in [5.41, 5.74) is 6.78. The Kier molecular flexibility index (Phi) is 3.84. The summed E-state index contributed by atoms with van der Waals surface area (Å²) in [5.74, 6) is -1.98. The smallest absolute Gasteiger partial charge is 0.340 e. The maximum atomic E-state index is 13.1. The van der Waals surface area contributed by atoms with Gasteiger partial charge in [0.15, 0.2) is 0 Å². The average Bonchev–Trinajstić information content (AvgIpc) is 2.39. The molecule has 0 aliphatic carbocycles. The van der Waals surface area contributed by atoms with Crippen LogP contribution in [0.15, 0.2) is 36.4 Å². The van der Waals surface area contributed by atoms with Crippen LogP contribution in [0.3, 0.4) is 0 Å². The molecule has 2 rings (SSSR count). The number of hydrogen-bond donors (Lipinski definition) is 2. The molecule has 0 unspecified atom stereocenters. The summed E-state index contributed by atoms with van der Waals surface area (Å²) in [4.78, 5) is 11.5. The van der Waals surface area contributed by atoms with Gasteiger partial charge in [-0.1, -0.05) is 0 Å². The molecule has 0 heterocycles. The van der Waals surface area contributed by atoms with Gasteiger partial charge in [0.2, 0.25) is 0 Å². The molecule has 6 heteroatoms. The van der Waals surface area contributed by atoms with Gasteiger partial charge in [0.25, 0.3) is 0 Å². The van der Waals surface area contributed by atoms with E-state index in [1.54, 1.807) is 6.07 Å². The molecule has 0 aliphatic rings. The van der Waals surface area contributed by atoms with Gasteiger partial charge in [-0.3, -0.25) is 0 Å². The van der Waals surface area contributed by atoms with E-state index in [9.17, 15) is 13.6 Å². The van der Waals surface area contributed by atoms with E-state index < -0.39 is 17.6 Å². The predicted octanol–water partition coefficient (Wildman–Crippen LogP) is 3.08. The van der Waals surface area contributed by atoms with Crippen LogP contribution in [-0.2, 0) is 4.74 Å². The first-order valence-corrected chi connectivity index (χ1v) is 5.70. The zero-order valence-corrected chi connectivity index (χ0v) is 10.6. The minimum absolute atomic E-state index is 0.175. The molecule has 2 aromatic carbocycles. The molecule has 0 saturated carbocycles. The average molecular weight is 278 g/mol. The van der Waals surface area contributed by atoms with E-state index >= 15 is 0 Å². The fraction of sp³-hybridized carbons (Fsp3) is 0.0714. The maximum absolute atomic E-state index is 13.1. The van der Waals surface area contributed by atoms with Crippen LogP contribution in [0, 0.1) is 11.6 Å². The van der Waals surface area contributed by atoms with E-state index in [-0.39, 0.29) is 16.9 Å². The van der Waals surface area contributed by atoms with Gasteiger partial charge in [-0.25, -0.2) is 13.6 Å². The third kappa shape index (κ3) is 3.03. The first-order valence-electron chi connectivity index (χ1n) is 5.70. The highest BCUT2D eigenvalue weighted by molar-refractivity contribution is 5.96. The van der Waals surface area contributed by atoms with Gasteiger partial charge in [0, 0.05) is 23.1 Å². The molecule has 0 bridgehead atoms. The van der Waals surface area contributed by atoms with Gasteiger partial charge in [-0.15, -0.1) is 0 Å². The Morgan fingerprint density at radius 3 is 2.35 bits per heavy atom. The molecule has 20 heavy (non-hydrogen) atoms. The predicted molar refractivity (Wildman–Crippen MR) is 71.8 cm³/mol. The van der Waals surface area contributed by atoms with E-state index in [0.717, 1.165) is 18.2 Å². The molecule has 4 nitrogen and oxygen atoms in total. The minimum Gasteiger partial charge on any atom is -0.465 e. The Morgan fingerprint density at radius 2 is 1.75 bits per heavy atom. The van der Waals surface area contributed by atoms with Gasteiger partial charge in [0.1, 0.15) is 11.6 Å². The van der Waals surface area contributed by atoms with Gasteiger partial charge in [-0.05, 0) is 30.3 Å². The molecule has 0 fully saturated rings. The molecular formula is C14H12F2N2O2. The van der Waals surface area contributed by atoms with Gasteiger partial charge < -0.3 is 15.8 Å². The number of carbonyl (C=O) groups excluding carboxylic acids is 1. The first-order chi connectivity index (χ1) is 9.49. The molecule has 2 aromatic rings. The second kappa shape index (κ2) is 5.56. The number of hydrogen-bond acceptors (Lipinski definition) is 4. The van der Waals surface area contributed by atoms with E-state index in [2.05, 4.69) is 10.1 Å².